The van der Waals surface area contributed by atoms with Crippen LogP contribution in [0.3, 0.4) is 0 Å². The minimum atomic E-state index is 0.562. The molecular formula is C18H28O2. The third kappa shape index (κ3) is 4.92. The second-order valence-corrected chi connectivity index (χ2v) is 4.94. The van der Waals surface area contributed by atoms with Gasteiger partial charge in [0.1, 0.15) is 0 Å². The summed E-state index contributed by atoms with van der Waals surface area (Å²) >= 11 is 0. The summed E-state index contributed by atoms with van der Waals surface area (Å²) in [7, 11) is 1.70. The number of hydrogen-bond donors (Lipinski definition) is 0. The van der Waals surface area contributed by atoms with Crippen LogP contribution in [0, 0.1) is 0 Å². The third-order valence-electron chi connectivity index (χ3n) is 3.42. The first-order chi connectivity index (χ1) is 9.76. The van der Waals surface area contributed by atoms with Crippen LogP contribution in [0.2, 0.25) is 0 Å². The minimum absolute atomic E-state index is 0.562. The van der Waals surface area contributed by atoms with Gasteiger partial charge in [0.05, 0.1) is 13.7 Å². The Morgan fingerprint density at radius 2 is 1.90 bits per heavy atom. The number of ether oxygens (including phenoxy) is 2. The Labute approximate surface area is 123 Å². The molecule has 0 fully saturated rings. The van der Waals surface area contributed by atoms with Crippen LogP contribution >= 0.6 is 0 Å². The van der Waals surface area contributed by atoms with Crippen LogP contribution in [-0.4, -0.2) is 13.7 Å². The van der Waals surface area contributed by atoms with E-state index in [1.54, 1.807) is 7.11 Å². The molecule has 1 atom stereocenters. The lowest BCUT2D eigenvalue weighted by atomic mass is 9.91. The topological polar surface area (TPSA) is 18.5 Å². The van der Waals surface area contributed by atoms with E-state index < -0.39 is 0 Å². The number of methoxy groups -OCH3 is 1. The van der Waals surface area contributed by atoms with Crippen molar-refractivity contribution in [1.82, 2.24) is 0 Å². The maximum absolute atomic E-state index is 5.58. The van der Waals surface area contributed by atoms with E-state index in [9.17, 15) is 0 Å². The van der Waals surface area contributed by atoms with E-state index in [-0.39, 0.29) is 0 Å². The standard InChI is InChI=1S/C18H28O2/c1-5-8-9-11-15(10-6-2)16-12-13-17(20-7-3)18(14-16)19-4/h8-9,12-15H,5-7,10-11H2,1-4H3/b9-8-. The van der Waals surface area contributed by atoms with E-state index in [2.05, 4.69) is 38.1 Å². The lowest BCUT2D eigenvalue weighted by molar-refractivity contribution is 0.310. The van der Waals surface area contributed by atoms with Crippen LogP contribution in [0.25, 0.3) is 0 Å². The van der Waals surface area contributed by atoms with Crippen LogP contribution in [0.1, 0.15) is 57.9 Å². The largest absolute Gasteiger partial charge is 0.493 e. The van der Waals surface area contributed by atoms with Gasteiger partial charge in [0.2, 0.25) is 0 Å². The lowest BCUT2D eigenvalue weighted by Gasteiger charge is -2.17. The molecule has 0 amide bonds. The highest BCUT2D eigenvalue weighted by molar-refractivity contribution is 5.44. The fourth-order valence-corrected chi connectivity index (χ4v) is 2.41. The van der Waals surface area contributed by atoms with Gasteiger partial charge in [0.25, 0.3) is 0 Å². The summed E-state index contributed by atoms with van der Waals surface area (Å²) in [5.41, 5.74) is 1.34. The molecule has 1 aromatic rings. The van der Waals surface area contributed by atoms with Crippen molar-refractivity contribution in [3.05, 3.63) is 35.9 Å². The third-order valence-corrected chi connectivity index (χ3v) is 3.42. The molecule has 0 heterocycles. The van der Waals surface area contributed by atoms with Crippen molar-refractivity contribution in [2.24, 2.45) is 0 Å². The summed E-state index contributed by atoms with van der Waals surface area (Å²) in [5, 5.41) is 0. The van der Waals surface area contributed by atoms with Crippen molar-refractivity contribution >= 4 is 0 Å². The van der Waals surface area contributed by atoms with Gasteiger partial charge >= 0.3 is 0 Å². The smallest absolute Gasteiger partial charge is 0.161 e. The van der Waals surface area contributed by atoms with Crippen LogP contribution < -0.4 is 9.47 Å². The Morgan fingerprint density at radius 1 is 1.10 bits per heavy atom. The average molecular weight is 276 g/mol. The fraction of sp³-hybridized carbons (Fsp3) is 0.556. The zero-order chi connectivity index (χ0) is 14.8. The molecule has 20 heavy (non-hydrogen) atoms. The molecule has 0 aliphatic heterocycles. The molecule has 1 rings (SSSR count). The van der Waals surface area contributed by atoms with Crippen LogP contribution in [0.5, 0.6) is 11.5 Å². The normalized spacial score (nSPS) is 12.6. The quantitative estimate of drug-likeness (QED) is 0.567. The molecule has 0 aliphatic rings. The maximum Gasteiger partial charge on any atom is 0.161 e. The van der Waals surface area contributed by atoms with Crippen molar-refractivity contribution in [2.75, 3.05) is 13.7 Å². The zero-order valence-corrected chi connectivity index (χ0v) is 13.3. The molecule has 0 radical (unpaired) electrons. The summed E-state index contributed by atoms with van der Waals surface area (Å²) in [5.74, 6) is 2.23. The van der Waals surface area contributed by atoms with Crippen molar-refractivity contribution in [1.29, 1.82) is 0 Å². The van der Waals surface area contributed by atoms with E-state index in [0.29, 0.717) is 12.5 Å². The Morgan fingerprint density at radius 3 is 2.50 bits per heavy atom. The molecule has 0 N–H and O–H groups in total. The Balaban J connectivity index is 2.92. The van der Waals surface area contributed by atoms with Crippen LogP contribution in [0.15, 0.2) is 30.4 Å². The molecule has 1 unspecified atom stereocenters. The molecule has 1 aromatic carbocycles. The molecule has 112 valence electrons. The van der Waals surface area contributed by atoms with Crippen molar-refractivity contribution < 1.29 is 9.47 Å². The second kappa shape index (κ2) is 9.46. The van der Waals surface area contributed by atoms with Gasteiger partial charge in [-0.15, -0.1) is 0 Å². The van der Waals surface area contributed by atoms with Crippen molar-refractivity contribution in [3.8, 4) is 11.5 Å². The molecule has 0 saturated carbocycles. The molecule has 0 spiro atoms. The van der Waals surface area contributed by atoms with Crippen LogP contribution in [-0.2, 0) is 0 Å². The van der Waals surface area contributed by atoms with Crippen molar-refractivity contribution in [3.63, 3.8) is 0 Å². The highest BCUT2D eigenvalue weighted by Crippen LogP contribution is 2.34. The SMILES string of the molecule is CC/C=C\CC(CCC)c1ccc(OCC)c(OC)c1. The van der Waals surface area contributed by atoms with E-state index in [1.807, 2.05) is 13.0 Å². The predicted molar refractivity (Wildman–Crippen MR) is 85.9 cm³/mol. The average Bonchev–Trinajstić information content (AvgIpc) is 2.47. The number of hydrogen-bond acceptors (Lipinski definition) is 2. The summed E-state index contributed by atoms with van der Waals surface area (Å²) in [4.78, 5) is 0. The summed E-state index contributed by atoms with van der Waals surface area (Å²) in [6.45, 7) is 7.06. The number of benzene rings is 1. The Bertz CT molecular complexity index is 410. The fourth-order valence-electron chi connectivity index (χ4n) is 2.41. The molecule has 0 aliphatic carbocycles. The minimum Gasteiger partial charge on any atom is -0.493 e. The first-order valence-corrected chi connectivity index (χ1v) is 7.72. The lowest BCUT2D eigenvalue weighted by Crippen LogP contribution is -2.00. The second-order valence-electron chi connectivity index (χ2n) is 4.94. The zero-order valence-electron chi connectivity index (χ0n) is 13.3. The monoisotopic (exact) mass is 276 g/mol. The summed E-state index contributed by atoms with van der Waals surface area (Å²) < 4.78 is 11.0. The predicted octanol–water partition coefficient (Wildman–Crippen LogP) is 5.33. The van der Waals surface area contributed by atoms with Gasteiger partial charge in [0, 0.05) is 0 Å². The maximum atomic E-state index is 5.58. The van der Waals surface area contributed by atoms with E-state index in [4.69, 9.17) is 9.47 Å². The van der Waals surface area contributed by atoms with Gasteiger partial charge in [0.15, 0.2) is 11.5 Å². The molecule has 2 nitrogen and oxygen atoms in total. The van der Waals surface area contributed by atoms with Crippen LogP contribution in [0.4, 0.5) is 0 Å². The summed E-state index contributed by atoms with van der Waals surface area (Å²) in [6, 6.07) is 6.34. The van der Waals surface area contributed by atoms with Gasteiger partial charge in [-0.2, -0.15) is 0 Å². The van der Waals surface area contributed by atoms with E-state index in [0.717, 1.165) is 24.3 Å². The Kier molecular flexibility index (Phi) is 7.86. The van der Waals surface area contributed by atoms with Crippen molar-refractivity contribution in [2.45, 2.75) is 52.4 Å². The van der Waals surface area contributed by atoms with Gasteiger partial charge in [-0.1, -0.05) is 38.5 Å². The number of rotatable bonds is 9. The molecule has 2 heteroatoms. The molecule has 0 aromatic heterocycles. The number of allylic oxidation sites excluding steroid dienone is 2. The van der Waals surface area contributed by atoms with E-state index >= 15 is 0 Å². The van der Waals surface area contributed by atoms with E-state index in [1.165, 1.54) is 18.4 Å². The highest BCUT2D eigenvalue weighted by atomic mass is 16.5. The Hall–Kier alpha value is -1.44. The molecular weight excluding hydrogens is 248 g/mol. The molecule has 0 saturated heterocycles. The van der Waals surface area contributed by atoms with Gasteiger partial charge < -0.3 is 9.47 Å². The van der Waals surface area contributed by atoms with Gasteiger partial charge in [-0.05, 0) is 49.8 Å². The van der Waals surface area contributed by atoms with Gasteiger partial charge in [-0.3, -0.25) is 0 Å². The first kappa shape index (κ1) is 16.6. The highest BCUT2D eigenvalue weighted by Gasteiger charge is 2.12. The molecule has 0 bridgehead atoms. The first-order valence-electron chi connectivity index (χ1n) is 7.72. The summed E-state index contributed by atoms with van der Waals surface area (Å²) in [6.07, 6.45) is 9.13. The van der Waals surface area contributed by atoms with Gasteiger partial charge in [-0.25, -0.2) is 0 Å².